The number of piperazine rings is 1. The molecule has 0 bridgehead atoms. The van der Waals surface area contributed by atoms with E-state index in [-0.39, 0.29) is 17.6 Å². The first kappa shape index (κ1) is 23.7. The highest BCUT2D eigenvalue weighted by atomic mass is 16.5. The number of benzene rings is 2. The molecule has 9 nitrogen and oxygen atoms in total. The van der Waals surface area contributed by atoms with E-state index >= 15 is 0 Å². The van der Waals surface area contributed by atoms with Gasteiger partial charge >= 0.3 is 0 Å². The van der Waals surface area contributed by atoms with Crippen LogP contribution in [0.3, 0.4) is 0 Å². The smallest absolute Gasteiger partial charge is 0.253 e. The number of hydrogen-bond acceptors (Lipinski definition) is 7. The van der Waals surface area contributed by atoms with Gasteiger partial charge in [0.1, 0.15) is 11.8 Å². The average molecular weight is 500 g/mol. The zero-order valence-corrected chi connectivity index (χ0v) is 21.2. The number of H-pyrrole nitrogens is 1. The molecule has 2 fully saturated rings. The SMILES string of the molecule is COc1ccc2[nH]c(=O)c([C@H](c3nnnn3C3CCCCC3)N3CCN(c4ccccc4)CC3)cc2c1. The minimum atomic E-state index is -0.339. The Bertz CT molecular complexity index is 1400. The van der Waals surface area contributed by atoms with Crippen LogP contribution in [0.25, 0.3) is 10.9 Å². The molecule has 2 aromatic heterocycles. The van der Waals surface area contributed by atoms with Crippen molar-refractivity contribution in [1.29, 1.82) is 0 Å². The van der Waals surface area contributed by atoms with Crippen LogP contribution < -0.4 is 15.2 Å². The van der Waals surface area contributed by atoms with Crippen LogP contribution in [-0.4, -0.2) is 63.4 Å². The van der Waals surface area contributed by atoms with Gasteiger partial charge in [-0.25, -0.2) is 4.68 Å². The van der Waals surface area contributed by atoms with Crippen LogP contribution in [0.4, 0.5) is 5.69 Å². The summed E-state index contributed by atoms with van der Waals surface area (Å²) >= 11 is 0. The molecule has 1 saturated heterocycles. The van der Waals surface area contributed by atoms with Gasteiger partial charge in [0.2, 0.25) is 0 Å². The zero-order valence-electron chi connectivity index (χ0n) is 21.2. The summed E-state index contributed by atoms with van der Waals surface area (Å²) in [6.45, 7) is 3.33. The van der Waals surface area contributed by atoms with E-state index in [1.807, 2.05) is 35.0 Å². The maximum absolute atomic E-state index is 13.5. The van der Waals surface area contributed by atoms with E-state index in [1.165, 1.54) is 24.9 Å². The second-order valence-electron chi connectivity index (χ2n) is 10.0. The second-order valence-corrected chi connectivity index (χ2v) is 10.0. The Labute approximate surface area is 216 Å². The van der Waals surface area contributed by atoms with Gasteiger partial charge in [0.05, 0.1) is 13.2 Å². The third-order valence-electron chi connectivity index (χ3n) is 7.86. The van der Waals surface area contributed by atoms with E-state index in [0.717, 1.165) is 61.5 Å². The number of hydrogen-bond donors (Lipinski definition) is 1. The Morgan fingerprint density at radius 2 is 1.76 bits per heavy atom. The first-order valence-electron chi connectivity index (χ1n) is 13.2. The highest BCUT2D eigenvalue weighted by Gasteiger charge is 2.34. The molecule has 1 saturated carbocycles. The summed E-state index contributed by atoms with van der Waals surface area (Å²) in [5, 5.41) is 14.0. The number of aromatic amines is 1. The zero-order chi connectivity index (χ0) is 25.2. The molecule has 2 aromatic carbocycles. The summed E-state index contributed by atoms with van der Waals surface area (Å²) in [6.07, 6.45) is 5.75. The molecular formula is C28H33N7O2. The molecule has 3 heterocycles. The van der Waals surface area contributed by atoms with Crippen LogP contribution >= 0.6 is 0 Å². The van der Waals surface area contributed by atoms with E-state index in [1.54, 1.807) is 7.11 Å². The molecule has 0 spiro atoms. The number of tetrazole rings is 1. The largest absolute Gasteiger partial charge is 0.497 e. The minimum absolute atomic E-state index is 0.105. The number of fused-ring (bicyclic) bond motifs is 1. The Hall–Kier alpha value is -3.72. The number of rotatable bonds is 6. The normalized spacial score (nSPS) is 18.2. The molecule has 1 aliphatic heterocycles. The van der Waals surface area contributed by atoms with Crippen LogP contribution in [0.5, 0.6) is 5.75 Å². The van der Waals surface area contributed by atoms with Gasteiger partial charge in [-0.15, -0.1) is 5.10 Å². The van der Waals surface area contributed by atoms with Crippen molar-refractivity contribution in [2.24, 2.45) is 0 Å². The lowest BCUT2D eigenvalue weighted by atomic mass is 9.95. The average Bonchev–Trinajstić information content (AvgIpc) is 3.44. The summed E-state index contributed by atoms with van der Waals surface area (Å²) in [4.78, 5) is 21.4. The predicted molar refractivity (Wildman–Crippen MR) is 143 cm³/mol. The fourth-order valence-corrected chi connectivity index (χ4v) is 5.87. The molecule has 1 aliphatic carbocycles. The molecule has 37 heavy (non-hydrogen) atoms. The van der Waals surface area contributed by atoms with Gasteiger partial charge in [-0.1, -0.05) is 37.5 Å². The Kier molecular flexibility index (Phi) is 6.61. The lowest BCUT2D eigenvalue weighted by molar-refractivity contribution is 0.192. The van der Waals surface area contributed by atoms with Gasteiger partial charge in [-0.3, -0.25) is 9.69 Å². The van der Waals surface area contributed by atoms with E-state index in [2.05, 4.69) is 54.6 Å². The number of nitrogens with one attached hydrogen (secondary N) is 1. The number of pyridine rings is 1. The monoisotopic (exact) mass is 499 g/mol. The molecule has 0 radical (unpaired) electrons. The molecule has 6 rings (SSSR count). The summed E-state index contributed by atoms with van der Waals surface area (Å²) in [7, 11) is 1.65. The van der Waals surface area contributed by atoms with Crippen molar-refractivity contribution in [3.63, 3.8) is 0 Å². The molecule has 9 heteroatoms. The van der Waals surface area contributed by atoms with Crippen molar-refractivity contribution < 1.29 is 4.74 Å². The van der Waals surface area contributed by atoms with Crippen molar-refractivity contribution in [1.82, 2.24) is 30.1 Å². The molecule has 0 unspecified atom stereocenters. The van der Waals surface area contributed by atoms with Crippen molar-refractivity contribution in [2.45, 2.75) is 44.2 Å². The number of nitrogens with zero attached hydrogens (tertiary/aromatic N) is 6. The third-order valence-corrected chi connectivity index (χ3v) is 7.86. The van der Waals surface area contributed by atoms with E-state index in [0.29, 0.717) is 5.56 Å². The van der Waals surface area contributed by atoms with Crippen molar-refractivity contribution in [2.75, 3.05) is 38.2 Å². The van der Waals surface area contributed by atoms with Gasteiger partial charge in [-0.2, -0.15) is 0 Å². The third kappa shape index (κ3) is 4.71. The van der Waals surface area contributed by atoms with Crippen LogP contribution in [0, 0.1) is 0 Å². The van der Waals surface area contributed by atoms with Gasteiger partial charge < -0.3 is 14.6 Å². The first-order valence-corrected chi connectivity index (χ1v) is 13.2. The number of methoxy groups -OCH3 is 1. The Morgan fingerprint density at radius 3 is 2.51 bits per heavy atom. The molecule has 2 aliphatic rings. The van der Waals surface area contributed by atoms with Crippen LogP contribution in [0.15, 0.2) is 59.4 Å². The highest BCUT2D eigenvalue weighted by Crippen LogP contribution is 2.34. The number of para-hydroxylation sites is 1. The Morgan fingerprint density at radius 1 is 0.973 bits per heavy atom. The van der Waals surface area contributed by atoms with E-state index < -0.39 is 0 Å². The quantitative estimate of drug-likeness (QED) is 0.430. The fraction of sp³-hybridized carbons (Fsp3) is 0.429. The van der Waals surface area contributed by atoms with Crippen molar-refractivity contribution in [3.8, 4) is 5.75 Å². The molecule has 4 aromatic rings. The molecule has 1 atom stereocenters. The molecular weight excluding hydrogens is 466 g/mol. The van der Waals surface area contributed by atoms with Gasteiger partial charge in [0.15, 0.2) is 5.82 Å². The van der Waals surface area contributed by atoms with Gasteiger partial charge in [0, 0.05) is 48.3 Å². The molecule has 192 valence electrons. The summed E-state index contributed by atoms with van der Waals surface area (Å²) in [5.41, 5.74) is 2.57. The van der Waals surface area contributed by atoms with Crippen LogP contribution in [0.2, 0.25) is 0 Å². The van der Waals surface area contributed by atoms with E-state index in [9.17, 15) is 4.79 Å². The lowest BCUT2D eigenvalue weighted by Crippen LogP contribution is -2.49. The Balaban J connectivity index is 1.40. The summed E-state index contributed by atoms with van der Waals surface area (Å²) < 4.78 is 7.45. The van der Waals surface area contributed by atoms with Gasteiger partial charge in [0.25, 0.3) is 5.56 Å². The van der Waals surface area contributed by atoms with Gasteiger partial charge in [-0.05, 0) is 59.7 Å². The van der Waals surface area contributed by atoms with E-state index in [4.69, 9.17) is 4.74 Å². The summed E-state index contributed by atoms with van der Waals surface area (Å²) in [6, 6.07) is 18.1. The molecule has 1 N–H and O–H groups in total. The maximum atomic E-state index is 13.5. The number of anilines is 1. The lowest BCUT2D eigenvalue weighted by Gasteiger charge is -2.40. The fourth-order valence-electron chi connectivity index (χ4n) is 5.87. The summed E-state index contributed by atoms with van der Waals surface area (Å²) in [5.74, 6) is 1.51. The highest BCUT2D eigenvalue weighted by molar-refractivity contribution is 5.80. The first-order chi connectivity index (χ1) is 18.2. The number of ether oxygens (including phenoxy) is 1. The van der Waals surface area contributed by atoms with Crippen molar-refractivity contribution in [3.05, 3.63) is 76.3 Å². The maximum Gasteiger partial charge on any atom is 0.253 e. The standard InChI is InChI=1S/C28H33N7O2/c1-37-23-12-13-25-20(18-23)19-24(28(36)29-25)26(27-30-31-32-35(27)22-10-6-3-7-11-22)34-16-14-33(15-17-34)21-8-4-2-5-9-21/h2,4-5,8-9,12-13,18-19,22,26H,3,6-7,10-11,14-17H2,1H3,(H,29,36)/t26-/m1/s1. The van der Waals surface area contributed by atoms with Crippen molar-refractivity contribution >= 4 is 16.6 Å². The second kappa shape index (κ2) is 10.3. The predicted octanol–water partition coefficient (Wildman–Crippen LogP) is 3.94. The van der Waals surface area contributed by atoms with Crippen LogP contribution in [-0.2, 0) is 0 Å². The molecule has 0 amide bonds. The minimum Gasteiger partial charge on any atom is -0.497 e. The number of aromatic nitrogens is 5. The topological polar surface area (TPSA) is 92.2 Å². The van der Waals surface area contributed by atoms with Crippen LogP contribution in [0.1, 0.15) is 55.6 Å².